The van der Waals surface area contributed by atoms with Gasteiger partial charge in [0, 0.05) is 56.1 Å². The number of rotatable bonds is 5. The summed E-state index contributed by atoms with van der Waals surface area (Å²) >= 11 is 0. The average molecular weight is 604 g/mol. The first-order valence-electron chi connectivity index (χ1n) is 14.1. The number of hydrogen-bond donors (Lipinski definition) is 1. The van der Waals surface area contributed by atoms with Gasteiger partial charge in [0.1, 0.15) is 17.5 Å². The highest BCUT2D eigenvalue weighted by molar-refractivity contribution is 6.07. The standard InChI is InChI=1S/C31H34F5N5O2/c1-18-15-40(10-9-39(18)4)28-13-26(33)24(21-5-8-29(37-14-21)41-16-19(2)43-20(3)17-41)12-27(28)38-30(42)23-7-6-22(32)11-25(23)31(34,35)36/h5-8,11-14,18-20H,9-10,15-17H2,1-4H3,(H,38,42)/t18-,19-,20+/m1/s1. The van der Waals surface area contributed by atoms with Gasteiger partial charge in [-0.15, -0.1) is 0 Å². The summed E-state index contributed by atoms with van der Waals surface area (Å²) in [6.45, 7) is 8.97. The van der Waals surface area contributed by atoms with Crippen molar-refractivity contribution in [1.82, 2.24) is 9.88 Å². The Morgan fingerprint density at radius 2 is 1.67 bits per heavy atom. The molecule has 2 aliphatic rings. The predicted octanol–water partition coefficient (Wildman–Crippen LogP) is 6.05. The van der Waals surface area contributed by atoms with Crippen molar-refractivity contribution in [1.29, 1.82) is 0 Å². The van der Waals surface area contributed by atoms with Crippen LogP contribution < -0.4 is 15.1 Å². The van der Waals surface area contributed by atoms with E-state index in [0.29, 0.717) is 49.8 Å². The van der Waals surface area contributed by atoms with Gasteiger partial charge in [-0.25, -0.2) is 13.8 Å². The fourth-order valence-corrected chi connectivity index (χ4v) is 5.65. The molecule has 0 spiro atoms. The van der Waals surface area contributed by atoms with Crippen LogP contribution in [-0.2, 0) is 10.9 Å². The van der Waals surface area contributed by atoms with Crippen LogP contribution >= 0.6 is 0 Å². The van der Waals surface area contributed by atoms with Gasteiger partial charge in [-0.2, -0.15) is 13.2 Å². The molecule has 3 aromatic rings. The van der Waals surface area contributed by atoms with E-state index in [2.05, 4.69) is 20.1 Å². The Bertz CT molecular complexity index is 1470. The number of benzene rings is 2. The third-order valence-corrected chi connectivity index (χ3v) is 7.97. The Labute approximate surface area is 247 Å². The van der Waals surface area contributed by atoms with Crippen LogP contribution in [0.15, 0.2) is 48.7 Å². The molecule has 2 aromatic carbocycles. The molecule has 1 amide bonds. The maximum atomic E-state index is 15.7. The average Bonchev–Trinajstić information content (AvgIpc) is 2.94. The number of ether oxygens (including phenoxy) is 1. The summed E-state index contributed by atoms with van der Waals surface area (Å²) in [5.41, 5.74) is -1.10. The van der Waals surface area contributed by atoms with Gasteiger partial charge >= 0.3 is 6.18 Å². The molecule has 0 radical (unpaired) electrons. The molecule has 0 bridgehead atoms. The molecule has 5 rings (SSSR count). The number of hydrogen-bond acceptors (Lipinski definition) is 6. The Kier molecular flexibility index (Phi) is 8.62. The van der Waals surface area contributed by atoms with Gasteiger partial charge in [-0.3, -0.25) is 4.79 Å². The van der Waals surface area contributed by atoms with Gasteiger partial charge in [-0.1, -0.05) is 0 Å². The van der Waals surface area contributed by atoms with E-state index in [1.54, 1.807) is 12.1 Å². The third-order valence-electron chi connectivity index (χ3n) is 7.97. The number of pyridine rings is 1. The van der Waals surface area contributed by atoms with Crippen molar-refractivity contribution in [2.24, 2.45) is 0 Å². The Hall–Kier alpha value is -3.77. The number of carbonyl (C=O) groups is 1. The monoisotopic (exact) mass is 603 g/mol. The molecule has 0 aliphatic carbocycles. The number of nitrogens with one attached hydrogen (secondary N) is 1. The summed E-state index contributed by atoms with van der Waals surface area (Å²) in [5.74, 6) is -2.06. The Morgan fingerprint density at radius 1 is 0.953 bits per heavy atom. The van der Waals surface area contributed by atoms with Crippen LogP contribution in [0.3, 0.4) is 0 Å². The van der Waals surface area contributed by atoms with Crippen LogP contribution in [0.25, 0.3) is 11.1 Å². The lowest BCUT2D eigenvalue weighted by Gasteiger charge is -2.39. The highest BCUT2D eigenvalue weighted by Crippen LogP contribution is 2.37. The van der Waals surface area contributed by atoms with Crippen molar-refractivity contribution < 1.29 is 31.5 Å². The Balaban J connectivity index is 1.52. The van der Waals surface area contributed by atoms with Gasteiger partial charge in [-0.05, 0) is 70.3 Å². The molecule has 2 aliphatic heterocycles. The first-order chi connectivity index (χ1) is 20.3. The smallest absolute Gasteiger partial charge is 0.372 e. The van der Waals surface area contributed by atoms with Gasteiger partial charge in [0.15, 0.2) is 0 Å². The van der Waals surface area contributed by atoms with Crippen molar-refractivity contribution in [3.05, 3.63) is 71.4 Å². The topological polar surface area (TPSA) is 60.9 Å². The lowest BCUT2D eigenvalue weighted by molar-refractivity contribution is -0.138. The fraction of sp³-hybridized carbons (Fsp3) is 0.419. The summed E-state index contributed by atoms with van der Waals surface area (Å²) < 4.78 is 76.3. The number of carbonyl (C=O) groups excluding carboxylic acids is 1. The van der Waals surface area contributed by atoms with Crippen molar-refractivity contribution >= 4 is 23.1 Å². The van der Waals surface area contributed by atoms with Crippen molar-refractivity contribution in [2.75, 3.05) is 54.9 Å². The minimum Gasteiger partial charge on any atom is -0.372 e. The second-order valence-electron chi connectivity index (χ2n) is 11.3. The van der Waals surface area contributed by atoms with Crippen molar-refractivity contribution in [3.8, 4) is 11.1 Å². The first-order valence-corrected chi connectivity index (χ1v) is 14.1. The molecule has 230 valence electrons. The van der Waals surface area contributed by atoms with E-state index in [-0.39, 0.29) is 35.6 Å². The zero-order chi connectivity index (χ0) is 31.1. The maximum absolute atomic E-state index is 15.7. The fourth-order valence-electron chi connectivity index (χ4n) is 5.65. The maximum Gasteiger partial charge on any atom is 0.417 e. The van der Waals surface area contributed by atoms with E-state index in [0.717, 1.165) is 12.1 Å². The SMILES string of the molecule is C[C@@H]1CN(c2ccc(-c3cc(NC(=O)c4ccc(F)cc4C(F)(F)F)c(N4CCN(C)[C@H](C)C4)cc3F)cn2)C[C@H](C)O1. The van der Waals surface area contributed by atoms with Crippen LogP contribution in [-0.4, -0.2) is 73.8 Å². The molecule has 0 unspecified atom stereocenters. The number of likely N-dealkylation sites (N-methyl/N-ethyl adjacent to an activating group) is 1. The molecular formula is C31H34F5N5O2. The summed E-state index contributed by atoms with van der Waals surface area (Å²) in [6.07, 6.45) is -3.37. The predicted molar refractivity (Wildman–Crippen MR) is 156 cm³/mol. The third kappa shape index (κ3) is 6.75. The molecule has 12 heteroatoms. The number of piperazine rings is 1. The van der Waals surface area contributed by atoms with Gasteiger partial charge < -0.3 is 24.8 Å². The van der Waals surface area contributed by atoms with Crippen LogP contribution in [0, 0.1) is 11.6 Å². The quantitative estimate of drug-likeness (QED) is 0.359. The molecule has 7 nitrogen and oxygen atoms in total. The van der Waals surface area contributed by atoms with Crippen molar-refractivity contribution in [3.63, 3.8) is 0 Å². The molecule has 2 saturated heterocycles. The number of morpholine rings is 1. The van der Waals surface area contributed by atoms with E-state index in [4.69, 9.17) is 4.74 Å². The second-order valence-corrected chi connectivity index (χ2v) is 11.3. The number of alkyl halides is 3. The summed E-state index contributed by atoms with van der Waals surface area (Å²) in [6, 6.07) is 8.19. The zero-order valence-electron chi connectivity index (χ0n) is 24.4. The normalized spacial score (nSPS) is 21.7. The van der Waals surface area contributed by atoms with Gasteiger partial charge in [0.2, 0.25) is 0 Å². The molecular weight excluding hydrogens is 569 g/mol. The molecule has 3 atom stereocenters. The van der Waals surface area contributed by atoms with Gasteiger partial charge in [0.05, 0.1) is 34.7 Å². The number of nitrogens with zero attached hydrogens (tertiary/aromatic N) is 4. The summed E-state index contributed by atoms with van der Waals surface area (Å²) in [4.78, 5) is 23.9. The Morgan fingerprint density at radius 3 is 2.30 bits per heavy atom. The number of halogens is 5. The van der Waals surface area contributed by atoms with Crippen LogP contribution in [0.2, 0.25) is 0 Å². The van der Waals surface area contributed by atoms with Crippen LogP contribution in [0.4, 0.5) is 39.1 Å². The molecule has 1 aromatic heterocycles. The lowest BCUT2D eigenvalue weighted by atomic mass is 10.0. The summed E-state index contributed by atoms with van der Waals surface area (Å²) in [5, 5.41) is 2.57. The minimum atomic E-state index is -4.96. The number of aromatic nitrogens is 1. The van der Waals surface area contributed by atoms with E-state index >= 15 is 4.39 Å². The van der Waals surface area contributed by atoms with Crippen LogP contribution in [0.5, 0.6) is 0 Å². The molecule has 1 N–H and O–H groups in total. The van der Waals surface area contributed by atoms with Crippen LogP contribution in [0.1, 0.15) is 36.7 Å². The molecule has 2 fully saturated rings. The summed E-state index contributed by atoms with van der Waals surface area (Å²) in [7, 11) is 1.97. The molecule has 43 heavy (non-hydrogen) atoms. The van der Waals surface area contributed by atoms with E-state index in [9.17, 15) is 22.4 Å². The largest absolute Gasteiger partial charge is 0.417 e. The van der Waals surface area contributed by atoms with Gasteiger partial charge in [0.25, 0.3) is 5.91 Å². The molecule has 0 saturated carbocycles. The lowest BCUT2D eigenvalue weighted by Crippen LogP contribution is -2.50. The number of amides is 1. The molecule has 3 heterocycles. The van der Waals surface area contributed by atoms with E-state index in [1.165, 1.54) is 18.3 Å². The second kappa shape index (κ2) is 12.1. The van der Waals surface area contributed by atoms with Crippen molar-refractivity contribution in [2.45, 2.75) is 45.2 Å². The highest BCUT2D eigenvalue weighted by Gasteiger charge is 2.36. The number of anilines is 3. The van der Waals surface area contributed by atoms with E-state index in [1.807, 2.05) is 32.7 Å². The minimum absolute atomic E-state index is 0.0256. The highest BCUT2D eigenvalue weighted by atomic mass is 19.4. The first kappa shape index (κ1) is 30.7. The van der Waals surface area contributed by atoms with E-state index < -0.39 is 34.8 Å². The zero-order valence-corrected chi connectivity index (χ0v) is 24.4.